The number of benzene rings is 2. The Morgan fingerprint density at radius 2 is 1.42 bits per heavy atom. The second kappa shape index (κ2) is 5.61. The van der Waals surface area contributed by atoms with E-state index in [1.807, 2.05) is 0 Å². The van der Waals surface area contributed by atoms with Gasteiger partial charge in [-0.2, -0.15) is 0 Å². The van der Waals surface area contributed by atoms with Gasteiger partial charge in [-0.3, -0.25) is 0 Å². The largest absolute Gasteiger partial charge is 0.0622 e. The van der Waals surface area contributed by atoms with Crippen molar-refractivity contribution >= 4 is 0 Å². The standard InChI is InChI=1S/C19H24/c1-15(17-8-6-5-7-9-17)14-16-10-12-18(13-11-16)19(2,3)4/h5-13,15H,14H2,1-4H3. The van der Waals surface area contributed by atoms with Crippen LogP contribution in [0.3, 0.4) is 0 Å². The molecule has 0 heteroatoms. The fourth-order valence-electron chi connectivity index (χ4n) is 2.39. The lowest BCUT2D eigenvalue weighted by atomic mass is 9.85. The molecule has 19 heavy (non-hydrogen) atoms. The predicted octanol–water partition coefficient (Wildman–Crippen LogP) is 5.33. The van der Waals surface area contributed by atoms with E-state index in [-0.39, 0.29) is 5.41 Å². The van der Waals surface area contributed by atoms with Gasteiger partial charge in [0.15, 0.2) is 0 Å². The predicted molar refractivity (Wildman–Crippen MR) is 83.7 cm³/mol. The number of hydrogen-bond acceptors (Lipinski definition) is 0. The molecule has 0 bridgehead atoms. The second-order valence-corrected chi connectivity index (χ2v) is 6.46. The number of rotatable bonds is 3. The van der Waals surface area contributed by atoms with Gasteiger partial charge in [0, 0.05) is 0 Å². The summed E-state index contributed by atoms with van der Waals surface area (Å²) in [5, 5.41) is 0. The van der Waals surface area contributed by atoms with E-state index in [0.29, 0.717) is 5.92 Å². The first-order valence-electron chi connectivity index (χ1n) is 7.11. The van der Waals surface area contributed by atoms with Crippen molar-refractivity contribution in [1.29, 1.82) is 0 Å². The Morgan fingerprint density at radius 3 is 1.95 bits per heavy atom. The van der Waals surface area contributed by atoms with Crippen LogP contribution in [0.25, 0.3) is 0 Å². The van der Waals surface area contributed by atoms with Gasteiger partial charge in [-0.25, -0.2) is 0 Å². The number of hydrogen-bond donors (Lipinski definition) is 0. The van der Waals surface area contributed by atoms with Crippen LogP contribution < -0.4 is 0 Å². The fraction of sp³-hybridized carbons (Fsp3) is 0.368. The SMILES string of the molecule is CC(Cc1ccc(C(C)(C)C)cc1)c1ccccc1. The highest BCUT2D eigenvalue weighted by Gasteiger charge is 2.13. The van der Waals surface area contributed by atoms with Crippen LogP contribution in [0.5, 0.6) is 0 Å². The fourth-order valence-corrected chi connectivity index (χ4v) is 2.39. The summed E-state index contributed by atoms with van der Waals surface area (Å²) >= 11 is 0. The van der Waals surface area contributed by atoms with Gasteiger partial charge in [0.1, 0.15) is 0 Å². The Bertz CT molecular complexity index is 500. The summed E-state index contributed by atoms with van der Waals surface area (Å²) in [6.07, 6.45) is 1.11. The Balaban J connectivity index is 2.08. The summed E-state index contributed by atoms with van der Waals surface area (Å²) in [5.41, 5.74) is 4.49. The lowest BCUT2D eigenvalue weighted by Crippen LogP contribution is -2.10. The van der Waals surface area contributed by atoms with Crippen LogP contribution in [-0.4, -0.2) is 0 Å². The van der Waals surface area contributed by atoms with E-state index in [9.17, 15) is 0 Å². The first-order valence-corrected chi connectivity index (χ1v) is 7.11. The lowest BCUT2D eigenvalue weighted by Gasteiger charge is -2.19. The molecule has 0 radical (unpaired) electrons. The molecule has 0 N–H and O–H groups in total. The van der Waals surface area contributed by atoms with Gasteiger partial charge >= 0.3 is 0 Å². The minimum Gasteiger partial charge on any atom is -0.0622 e. The smallest absolute Gasteiger partial charge is 0.0132 e. The molecule has 0 aliphatic rings. The van der Waals surface area contributed by atoms with Crippen molar-refractivity contribution in [2.45, 2.75) is 45.4 Å². The van der Waals surface area contributed by atoms with Crippen LogP contribution in [0.15, 0.2) is 54.6 Å². The molecular weight excluding hydrogens is 228 g/mol. The molecule has 0 aromatic heterocycles. The average molecular weight is 252 g/mol. The second-order valence-electron chi connectivity index (χ2n) is 6.46. The molecule has 2 aromatic rings. The Labute approximate surface area is 117 Å². The van der Waals surface area contributed by atoms with E-state index in [4.69, 9.17) is 0 Å². The molecule has 0 aliphatic heterocycles. The molecule has 0 heterocycles. The molecular formula is C19H24. The highest BCUT2D eigenvalue weighted by atomic mass is 14.2. The monoisotopic (exact) mass is 252 g/mol. The average Bonchev–Trinajstić information content (AvgIpc) is 2.39. The van der Waals surface area contributed by atoms with E-state index in [1.165, 1.54) is 16.7 Å². The highest BCUT2D eigenvalue weighted by Crippen LogP contribution is 2.24. The molecule has 0 aliphatic carbocycles. The van der Waals surface area contributed by atoms with Crippen LogP contribution in [0, 0.1) is 0 Å². The van der Waals surface area contributed by atoms with Gasteiger partial charge in [-0.05, 0) is 34.4 Å². The molecule has 0 fully saturated rings. The third kappa shape index (κ3) is 3.70. The third-order valence-corrected chi connectivity index (χ3v) is 3.73. The van der Waals surface area contributed by atoms with Crippen molar-refractivity contribution in [2.75, 3.05) is 0 Å². The maximum atomic E-state index is 2.30. The molecule has 100 valence electrons. The maximum absolute atomic E-state index is 2.30. The Morgan fingerprint density at radius 1 is 0.842 bits per heavy atom. The van der Waals surface area contributed by atoms with Gasteiger partial charge < -0.3 is 0 Å². The normalized spacial score (nSPS) is 13.3. The highest BCUT2D eigenvalue weighted by molar-refractivity contribution is 5.29. The summed E-state index contributed by atoms with van der Waals surface area (Å²) < 4.78 is 0. The zero-order valence-corrected chi connectivity index (χ0v) is 12.5. The molecule has 1 atom stereocenters. The summed E-state index contributed by atoms with van der Waals surface area (Å²) in [4.78, 5) is 0. The van der Waals surface area contributed by atoms with Crippen LogP contribution >= 0.6 is 0 Å². The van der Waals surface area contributed by atoms with Crippen LogP contribution in [0.2, 0.25) is 0 Å². The van der Waals surface area contributed by atoms with Crippen molar-refractivity contribution in [3.05, 3.63) is 71.3 Å². The van der Waals surface area contributed by atoms with Crippen LogP contribution in [0.4, 0.5) is 0 Å². The van der Waals surface area contributed by atoms with Gasteiger partial charge in [0.25, 0.3) is 0 Å². The van der Waals surface area contributed by atoms with E-state index in [1.54, 1.807) is 0 Å². The van der Waals surface area contributed by atoms with Crippen molar-refractivity contribution in [3.8, 4) is 0 Å². The van der Waals surface area contributed by atoms with E-state index in [0.717, 1.165) is 6.42 Å². The summed E-state index contributed by atoms with van der Waals surface area (Å²) in [6.45, 7) is 9.07. The molecule has 0 nitrogen and oxygen atoms in total. The molecule has 0 spiro atoms. The lowest BCUT2D eigenvalue weighted by molar-refractivity contribution is 0.589. The maximum Gasteiger partial charge on any atom is -0.0132 e. The molecule has 0 amide bonds. The summed E-state index contributed by atoms with van der Waals surface area (Å²) in [5.74, 6) is 0.571. The minimum atomic E-state index is 0.240. The quantitative estimate of drug-likeness (QED) is 0.692. The molecule has 0 saturated heterocycles. The zero-order valence-electron chi connectivity index (χ0n) is 12.5. The first kappa shape index (κ1) is 13.9. The molecule has 2 rings (SSSR count). The van der Waals surface area contributed by atoms with Crippen molar-refractivity contribution in [1.82, 2.24) is 0 Å². The van der Waals surface area contributed by atoms with E-state index < -0.39 is 0 Å². The third-order valence-electron chi connectivity index (χ3n) is 3.73. The molecule has 2 aromatic carbocycles. The van der Waals surface area contributed by atoms with Crippen molar-refractivity contribution in [3.63, 3.8) is 0 Å². The van der Waals surface area contributed by atoms with Crippen molar-refractivity contribution < 1.29 is 0 Å². The first-order chi connectivity index (χ1) is 8.97. The van der Waals surface area contributed by atoms with Gasteiger partial charge in [0.2, 0.25) is 0 Å². The van der Waals surface area contributed by atoms with Crippen LogP contribution in [-0.2, 0) is 11.8 Å². The zero-order chi connectivity index (χ0) is 13.9. The van der Waals surface area contributed by atoms with Crippen LogP contribution in [0.1, 0.15) is 50.3 Å². The Hall–Kier alpha value is -1.56. The van der Waals surface area contributed by atoms with E-state index >= 15 is 0 Å². The molecule has 1 unspecified atom stereocenters. The molecule has 0 saturated carbocycles. The topological polar surface area (TPSA) is 0 Å². The van der Waals surface area contributed by atoms with Gasteiger partial charge in [-0.15, -0.1) is 0 Å². The van der Waals surface area contributed by atoms with Gasteiger partial charge in [0.05, 0.1) is 0 Å². The van der Waals surface area contributed by atoms with Gasteiger partial charge in [-0.1, -0.05) is 82.3 Å². The minimum absolute atomic E-state index is 0.240. The van der Waals surface area contributed by atoms with Crippen molar-refractivity contribution in [2.24, 2.45) is 0 Å². The summed E-state index contributed by atoms with van der Waals surface area (Å²) in [6, 6.07) is 19.8. The summed E-state index contributed by atoms with van der Waals surface area (Å²) in [7, 11) is 0. The van der Waals surface area contributed by atoms with E-state index in [2.05, 4.69) is 82.3 Å². The Kier molecular flexibility index (Phi) is 4.09.